The maximum Gasteiger partial charge on any atom is 0.269 e. The Kier molecular flexibility index (Phi) is 7.00. The van der Waals surface area contributed by atoms with Gasteiger partial charge in [0.05, 0.1) is 16.5 Å². The molecule has 0 heterocycles. The highest BCUT2D eigenvalue weighted by Crippen LogP contribution is 2.30. The Labute approximate surface area is 178 Å². The third-order valence-electron chi connectivity index (χ3n) is 4.42. The zero-order chi connectivity index (χ0) is 22.2. The number of ether oxygens (including phenoxy) is 2. The molecule has 31 heavy (non-hydrogen) atoms. The molecule has 0 aliphatic rings. The van der Waals surface area contributed by atoms with E-state index < -0.39 is 9.85 Å². The van der Waals surface area contributed by atoms with Gasteiger partial charge in [0.2, 0.25) is 0 Å². The number of nitrogens with zero attached hydrogens (tertiary/aromatic N) is 2. The van der Waals surface area contributed by atoms with Gasteiger partial charge >= 0.3 is 0 Å². The lowest BCUT2D eigenvalue weighted by Gasteiger charge is -2.14. The standard InChI is InChI=1S/C22H21N3O6/c1-2-30-22-13-17(14-23-18-6-10-20(11-7-18)25(28)29)5-12-21(22)31-15-16-3-8-19(9-4-16)24(26)27/h3-13,23H,2,14-15H2,1H3. The van der Waals surface area contributed by atoms with Crippen molar-refractivity contribution in [3.05, 3.63) is 98.1 Å². The van der Waals surface area contributed by atoms with Crippen LogP contribution in [0.3, 0.4) is 0 Å². The SMILES string of the molecule is CCOc1cc(CNc2ccc([N+](=O)[O-])cc2)ccc1OCc1ccc([N+](=O)[O-])cc1. The minimum atomic E-state index is -0.443. The quantitative estimate of drug-likeness (QED) is 0.356. The van der Waals surface area contributed by atoms with Gasteiger partial charge in [-0.3, -0.25) is 20.2 Å². The number of benzene rings is 3. The molecule has 0 saturated carbocycles. The molecule has 0 fully saturated rings. The number of rotatable bonds is 10. The predicted molar refractivity (Wildman–Crippen MR) is 115 cm³/mol. The van der Waals surface area contributed by atoms with Crippen molar-refractivity contribution in [2.45, 2.75) is 20.1 Å². The van der Waals surface area contributed by atoms with Crippen LogP contribution >= 0.6 is 0 Å². The average molecular weight is 423 g/mol. The van der Waals surface area contributed by atoms with E-state index in [1.165, 1.54) is 24.3 Å². The number of hydrogen-bond acceptors (Lipinski definition) is 7. The molecule has 9 heteroatoms. The van der Waals surface area contributed by atoms with E-state index in [0.717, 1.165) is 16.8 Å². The number of hydrogen-bond donors (Lipinski definition) is 1. The number of nitro groups is 2. The topological polar surface area (TPSA) is 117 Å². The number of nitrogens with one attached hydrogen (secondary N) is 1. The summed E-state index contributed by atoms with van der Waals surface area (Å²) in [6.07, 6.45) is 0. The van der Waals surface area contributed by atoms with Crippen LogP contribution in [0.5, 0.6) is 11.5 Å². The first-order chi connectivity index (χ1) is 15.0. The highest BCUT2D eigenvalue weighted by molar-refractivity contribution is 5.50. The molecular formula is C22H21N3O6. The van der Waals surface area contributed by atoms with Crippen molar-refractivity contribution in [1.82, 2.24) is 0 Å². The summed E-state index contributed by atoms with van der Waals surface area (Å²) in [6.45, 7) is 3.09. The summed E-state index contributed by atoms with van der Waals surface area (Å²) in [6, 6.07) is 18.0. The largest absolute Gasteiger partial charge is 0.490 e. The van der Waals surface area contributed by atoms with Crippen LogP contribution in [0.1, 0.15) is 18.1 Å². The lowest BCUT2D eigenvalue weighted by molar-refractivity contribution is -0.385. The summed E-state index contributed by atoms with van der Waals surface area (Å²) in [5.41, 5.74) is 2.59. The monoisotopic (exact) mass is 423 g/mol. The summed E-state index contributed by atoms with van der Waals surface area (Å²) < 4.78 is 11.5. The maximum atomic E-state index is 10.8. The van der Waals surface area contributed by atoms with Crippen molar-refractivity contribution >= 4 is 17.1 Å². The first-order valence-electron chi connectivity index (χ1n) is 9.56. The number of non-ortho nitro benzene ring substituents is 2. The Bertz CT molecular complexity index is 1050. The number of anilines is 1. The summed E-state index contributed by atoms with van der Waals surface area (Å²) >= 11 is 0. The highest BCUT2D eigenvalue weighted by Gasteiger charge is 2.09. The van der Waals surface area contributed by atoms with Gasteiger partial charge in [0, 0.05) is 36.5 Å². The Morgan fingerprint density at radius 3 is 1.94 bits per heavy atom. The Balaban J connectivity index is 1.64. The van der Waals surface area contributed by atoms with E-state index in [1.807, 2.05) is 25.1 Å². The molecule has 0 aliphatic carbocycles. The van der Waals surface area contributed by atoms with Gasteiger partial charge < -0.3 is 14.8 Å². The van der Waals surface area contributed by atoms with Gasteiger partial charge in [-0.25, -0.2) is 0 Å². The van der Waals surface area contributed by atoms with Crippen LogP contribution in [-0.4, -0.2) is 16.5 Å². The second-order valence-corrected chi connectivity index (χ2v) is 6.58. The number of nitro benzene ring substituents is 2. The zero-order valence-electron chi connectivity index (χ0n) is 16.8. The van der Waals surface area contributed by atoms with Crippen molar-refractivity contribution in [3.63, 3.8) is 0 Å². The van der Waals surface area contributed by atoms with Crippen molar-refractivity contribution in [2.75, 3.05) is 11.9 Å². The molecule has 1 N–H and O–H groups in total. The summed E-state index contributed by atoms with van der Waals surface area (Å²) in [5, 5.41) is 24.7. The van der Waals surface area contributed by atoms with Crippen LogP contribution in [-0.2, 0) is 13.2 Å². The van der Waals surface area contributed by atoms with Crippen molar-refractivity contribution in [1.29, 1.82) is 0 Å². The molecule has 0 bridgehead atoms. The molecule has 0 radical (unpaired) electrons. The maximum absolute atomic E-state index is 10.8. The molecule has 0 aliphatic heterocycles. The first-order valence-corrected chi connectivity index (χ1v) is 9.56. The molecule has 160 valence electrons. The van der Waals surface area contributed by atoms with Gasteiger partial charge in [0.25, 0.3) is 11.4 Å². The normalized spacial score (nSPS) is 10.4. The second-order valence-electron chi connectivity index (χ2n) is 6.58. The average Bonchev–Trinajstić information content (AvgIpc) is 2.78. The molecule has 0 unspecified atom stereocenters. The van der Waals surface area contributed by atoms with Crippen molar-refractivity contribution in [2.24, 2.45) is 0 Å². The molecular weight excluding hydrogens is 402 g/mol. The molecule has 0 spiro atoms. The van der Waals surface area contributed by atoms with E-state index in [0.29, 0.717) is 24.7 Å². The summed E-state index contributed by atoms with van der Waals surface area (Å²) in [7, 11) is 0. The van der Waals surface area contributed by atoms with Crippen LogP contribution in [0, 0.1) is 20.2 Å². The fraction of sp³-hybridized carbons (Fsp3) is 0.182. The van der Waals surface area contributed by atoms with E-state index in [2.05, 4.69) is 5.32 Å². The predicted octanol–water partition coefficient (Wildman–Crippen LogP) is 5.09. The first kappa shape index (κ1) is 21.6. The van der Waals surface area contributed by atoms with Gasteiger partial charge in [0.1, 0.15) is 6.61 Å². The van der Waals surface area contributed by atoms with Gasteiger partial charge in [-0.1, -0.05) is 6.07 Å². The van der Waals surface area contributed by atoms with Gasteiger partial charge in [-0.15, -0.1) is 0 Å². The Morgan fingerprint density at radius 2 is 1.35 bits per heavy atom. The van der Waals surface area contributed by atoms with Crippen LogP contribution in [0.25, 0.3) is 0 Å². The van der Waals surface area contributed by atoms with E-state index in [9.17, 15) is 20.2 Å². The van der Waals surface area contributed by atoms with E-state index >= 15 is 0 Å². The van der Waals surface area contributed by atoms with E-state index in [-0.39, 0.29) is 18.0 Å². The van der Waals surface area contributed by atoms with Crippen LogP contribution in [0.2, 0.25) is 0 Å². The Morgan fingerprint density at radius 1 is 0.774 bits per heavy atom. The molecule has 0 atom stereocenters. The molecule has 3 rings (SSSR count). The van der Waals surface area contributed by atoms with Gasteiger partial charge in [-0.05, 0) is 54.4 Å². The minimum Gasteiger partial charge on any atom is -0.490 e. The summed E-state index contributed by atoms with van der Waals surface area (Å²) in [5.74, 6) is 1.16. The van der Waals surface area contributed by atoms with E-state index in [4.69, 9.17) is 9.47 Å². The highest BCUT2D eigenvalue weighted by atomic mass is 16.6. The third kappa shape index (κ3) is 5.92. The fourth-order valence-corrected chi connectivity index (χ4v) is 2.83. The smallest absolute Gasteiger partial charge is 0.269 e. The van der Waals surface area contributed by atoms with Crippen molar-refractivity contribution in [3.8, 4) is 11.5 Å². The van der Waals surface area contributed by atoms with Crippen molar-refractivity contribution < 1.29 is 19.3 Å². The molecule has 0 saturated heterocycles. The Hall–Kier alpha value is -4.14. The molecule has 9 nitrogen and oxygen atoms in total. The lowest BCUT2D eigenvalue weighted by Crippen LogP contribution is -2.03. The lowest BCUT2D eigenvalue weighted by atomic mass is 10.2. The van der Waals surface area contributed by atoms with E-state index in [1.54, 1.807) is 24.3 Å². The molecule has 0 aromatic heterocycles. The molecule has 3 aromatic carbocycles. The van der Waals surface area contributed by atoms with Crippen LogP contribution < -0.4 is 14.8 Å². The summed E-state index contributed by atoms with van der Waals surface area (Å²) in [4.78, 5) is 20.6. The van der Waals surface area contributed by atoms with Crippen LogP contribution in [0.4, 0.5) is 17.1 Å². The molecule has 0 amide bonds. The van der Waals surface area contributed by atoms with Gasteiger partial charge in [-0.2, -0.15) is 0 Å². The molecule has 3 aromatic rings. The fourth-order valence-electron chi connectivity index (χ4n) is 2.83. The second kappa shape index (κ2) is 10.1. The van der Waals surface area contributed by atoms with Gasteiger partial charge in [0.15, 0.2) is 11.5 Å². The zero-order valence-corrected chi connectivity index (χ0v) is 16.8. The third-order valence-corrected chi connectivity index (χ3v) is 4.42. The van der Waals surface area contributed by atoms with Crippen LogP contribution in [0.15, 0.2) is 66.7 Å². The minimum absolute atomic E-state index is 0.0311.